The molecule has 0 bridgehead atoms. The molecule has 1 N–H and O–H groups in total. The molecule has 2 aromatic carbocycles. The number of rotatable bonds is 5. The third-order valence-electron chi connectivity index (χ3n) is 7.77. The minimum absolute atomic E-state index is 0.108. The van der Waals surface area contributed by atoms with E-state index in [1.165, 1.54) is 43.5 Å². The lowest BCUT2D eigenvalue weighted by molar-refractivity contribution is 0.0191. The van der Waals surface area contributed by atoms with E-state index in [2.05, 4.69) is 40.6 Å². The Morgan fingerprint density at radius 2 is 1.94 bits per heavy atom. The molecule has 184 valence electrons. The van der Waals surface area contributed by atoms with Gasteiger partial charge in [0.05, 0.1) is 11.6 Å². The fraction of sp³-hybridized carbons (Fsp3) is 0.355. The predicted octanol–water partition coefficient (Wildman–Crippen LogP) is 6.14. The Bertz CT molecular complexity index is 1340. The third-order valence-corrected chi connectivity index (χ3v) is 7.77. The van der Waals surface area contributed by atoms with E-state index in [0.29, 0.717) is 11.5 Å². The van der Waals surface area contributed by atoms with Crippen molar-refractivity contribution in [3.63, 3.8) is 0 Å². The molecular formula is C31H33N3O2. The highest BCUT2D eigenvalue weighted by Gasteiger charge is 2.25. The third kappa shape index (κ3) is 4.73. The summed E-state index contributed by atoms with van der Waals surface area (Å²) in [5, 5.41) is 4.21. The van der Waals surface area contributed by atoms with Crippen molar-refractivity contribution >= 4 is 28.1 Å². The maximum atomic E-state index is 13.0. The second-order valence-electron chi connectivity index (χ2n) is 10.3. The topological polar surface area (TPSA) is 54.5 Å². The summed E-state index contributed by atoms with van der Waals surface area (Å²) in [6.45, 7) is 6.18. The van der Waals surface area contributed by atoms with Gasteiger partial charge in [-0.05, 0) is 92.2 Å². The first-order valence-corrected chi connectivity index (χ1v) is 13.2. The highest BCUT2D eigenvalue weighted by Crippen LogP contribution is 2.32. The zero-order valence-corrected chi connectivity index (χ0v) is 20.9. The number of aromatic nitrogens is 1. The number of pyridine rings is 1. The van der Waals surface area contributed by atoms with E-state index in [1.807, 2.05) is 43.5 Å². The van der Waals surface area contributed by atoms with Crippen molar-refractivity contribution in [1.29, 1.82) is 0 Å². The first-order chi connectivity index (χ1) is 17.6. The number of nitrogens with zero attached hydrogens (tertiary/aromatic N) is 2. The average Bonchev–Trinajstić information content (AvgIpc) is 3.43. The van der Waals surface area contributed by atoms with Crippen molar-refractivity contribution in [1.82, 2.24) is 9.88 Å². The minimum Gasteiger partial charge on any atom is -0.374 e. The summed E-state index contributed by atoms with van der Waals surface area (Å²) < 4.78 is 5.85. The first kappa shape index (κ1) is 23.1. The smallest absolute Gasteiger partial charge is 0.255 e. The summed E-state index contributed by atoms with van der Waals surface area (Å²) in [5.74, 6) is 0.339. The molecule has 1 aromatic heterocycles. The molecule has 3 aliphatic rings. The van der Waals surface area contributed by atoms with Gasteiger partial charge < -0.3 is 10.1 Å². The summed E-state index contributed by atoms with van der Waals surface area (Å²) >= 11 is 0. The lowest BCUT2D eigenvalue weighted by atomic mass is 9.86. The van der Waals surface area contributed by atoms with Crippen molar-refractivity contribution in [3.8, 4) is 0 Å². The summed E-state index contributed by atoms with van der Waals surface area (Å²) in [6, 6.07) is 14.2. The number of benzene rings is 2. The number of hydrogen-bond donors (Lipinski definition) is 1. The Morgan fingerprint density at radius 1 is 1.11 bits per heavy atom. The first-order valence-electron chi connectivity index (χ1n) is 13.2. The number of ether oxygens (including phenoxy) is 1. The molecule has 0 radical (unpaired) electrons. The average molecular weight is 480 g/mol. The van der Waals surface area contributed by atoms with Gasteiger partial charge in [0.2, 0.25) is 0 Å². The highest BCUT2D eigenvalue weighted by atomic mass is 16.5. The molecule has 3 heterocycles. The molecule has 3 aromatic rings. The van der Waals surface area contributed by atoms with Gasteiger partial charge in [-0.15, -0.1) is 0 Å². The number of nitrogens with one attached hydrogen (secondary N) is 1. The van der Waals surface area contributed by atoms with Crippen molar-refractivity contribution in [2.45, 2.75) is 45.3 Å². The molecule has 36 heavy (non-hydrogen) atoms. The van der Waals surface area contributed by atoms with Gasteiger partial charge in [0.1, 0.15) is 0 Å². The van der Waals surface area contributed by atoms with Gasteiger partial charge in [0, 0.05) is 41.9 Å². The van der Waals surface area contributed by atoms with Crippen molar-refractivity contribution < 1.29 is 9.53 Å². The summed E-state index contributed by atoms with van der Waals surface area (Å²) in [7, 11) is 0. The van der Waals surface area contributed by atoms with Crippen LogP contribution in [0.3, 0.4) is 0 Å². The maximum absolute atomic E-state index is 13.0. The molecule has 1 amide bonds. The molecule has 2 atom stereocenters. The predicted molar refractivity (Wildman–Crippen MR) is 145 cm³/mol. The quantitative estimate of drug-likeness (QED) is 0.478. The standard InChI is InChI=1S/C31H33N3O2/c1-21-28(12-10-27-17-22(19-32-30(21)27)20-34-14-2-3-15-34)33-31(35)24-8-6-23(7-9-24)25-11-13-29-26(18-25)5-4-16-36-29/h6-13,17-19,26,29H,2-5,14-16,20H2,1H3,(H,33,35). The van der Waals surface area contributed by atoms with Gasteiger partial charge >= 0.3 is 0 Å². The second-order valence-corrected chi connectivity index (χ2v) is 10.3. The molecule has 2 unspecified atom stereocenters. The largest absolute Gasteiger partial charge is 0.374 e. The molecule has 0 saturated carbocycles. The van der Waals surface area contributed by atoms with Crippen LogP contribution in [-0.4, -0.2) is 41.6 Å². The number of anilines is 1. The Kier molecular flexibility index (Phi) is 6.43. The number of hydrogen-bond acceptors (Lipinski definition) is 4. The van der Waals surface area contributed by atoms with Gasteiger partial charge in [-0.3, -0.25) is 14.7 Å². The van der Waals surface area contributed by atoms with Crippen molar-refractivity contribution in [2.75, 3.05) is 25.0 Å². The molecule has 0 spiro atoms. The van der Waals surface area contributed by atoms with Gasteiger partial charge in [-0.1, -0.05) is 36.4 Å². The van der Waals surface area contributed by atoms with Gasteiger partial charge in [-0.2, -0.15) is 0 Å². The van der Waals surface area contributed by atoms with Gasteiger partial charge in [0.15, 0.2) is 0 Å². The van der Waals surface area contributed by atoms with Crippen LogP contribution < -0.4 is 5.32 Å². The van der Waals surface area contributed by atoms with Crippen molar-refractivity contribution in [3.05, 3.63) is 89.1 Å². The Morgan fingerprint density at radius 3 is 2.78 bits per heavy atom. The highest BCUT2D eigenvalue weighted by molar-refractivity contribution is 6.06. The van der Waals surface area contributed by atoms with Crippen LogP contribution in [0.15, 0.2) is 66.9 Å². The number of carbonyl (C=O) groups excluding carboxylic acids is 1. The fourth-order valence-corrected chi connectivity index (χ4v) is 5.70. The minimum atomic E-state index is -0.108. The fourth-order valence-electron chi connectivity index (χ4n) is 5.70. The van der Waals surface area contributed by atoms with Crippen LogP contribution in [0.5, 0.6) is 0 Å². The van der Waals surface area contributed by atoms with Gasteiger partial charge in [-0.25, -0.2) is 0 Å². The Hall–Kier alpha value is -3.28. The normalized spacial score (nSPS) is 21.9. The van der Waals surface area contributed by atoms with Crippen molar-refractivity contribution in [2.24, 2.45) is 5.92 Å². The molecule has 5 heteroatoms. The number of allylic oxidation sites excluding steroid dienone is 2. The Labute approximate surface area is 212 Å². The van der Waals surface area contributed by atoms with Crippen LogP contribution in [0, 0.1) is 12.8 Å². The molecule has 2 saturated heterocycles. The second kappa shape index (κ2) is 10.00. The van der Waals surface area contributed by atoms with E-state index >= 15 is 0 Å². The lowest BCUT2D eigenvalue weighted by Gasteiger charge is -2.30. The Balaban J connectivity index is 1.15. The number of fused-ring (bicyclic) bond motifs is 2. The van der Waals surface area contributed by atoms with Crippen LogP contribution in [0.25, 0.3) is 16.5 Å². The number of carbonyl (C=O) groups is 1. The zero-order chi connectivity index (χ0) is 24.5. The van der Waals surface area contributed by atoms with Crippen LogP contribution in [0.4, 0.5) is 5.69 Å². The van der Waals surface area contributed by atoms with E-state index in [4.69, 9.17) is 9.72 Å². The van der Waals surface area contributed by atoms with E-state index in [1.54, 1.807) is 0 Å². The summed E-state index contributed by atoms with van der Waals surface area (Å²) in [5.41, 5.74) is 6.96. The lowest BCUT2D eigenvalue weighted by Crippen LogP contribution is -2.28. The number of amides is 1. The molecule has 1 aliphatic carbocycles. The SMILES string of the molecule is Cc1c(NC(=O)c2ccc(C3=CC4CCCOC4C=C3)cc2)ccc2cc(CN3CCCC3)cnc12. The summed E-state index contributed by atoms with van der Waals surface area (Å²) in [6.07, 6.45) is 13.7. The van der Waals surface area contributed by atoms with Crippen LogP contribution in [0.1, 0.15) is 52.7 Å². The molecule has 2 fully saturated rings. The summed E-state index contributed by atoms with van der Waals surface area (Å²) in [4.78, 5) is 20.3. The van der Waals surface area contributed by atoms with Crippen LogP contribution in [0.2, 0.25) is 0 Å². The van der Waals surface area contributed by atoms with E-state index in [9.17, 15) is 4.79 Å². The van der Waals surface area contributed by atoms with E-state index < -0.39 is 0 Å². The molecule has 5 nitrogen and oxygen atoms in total. The number of aryl methyl sites for hydroxylation is 1. The zero-order valence-electron chi connectivity index (χ0n) is 20.9. The molecule has 6 rings (SSSR count). The molecular weight excluding hydrogens is 446 g/mol. The van der Waals surface area contributed by atoms with E-state index in [0.717, 1.165) is 47.3 Å². The molecule has 2 aliphatic heterocycles. The van der Waals surface area contributed by atoms with E-state index in [-0.39, 0.29) is 12.0 Å². The monoisotopic (exact) mass is 479 g/mol. The number of likely N-dealkylation sites (tertiary alicyclic amines) is 1. The maximum Gasteiger partial charge on any atom is 0.255 e. The van der Waals surface area contributed by atoms with Gasteiger partial charge in [0.25, 0.3) is 5.91 Å². The van der Waals surface area contributed by atoms with Crippen LogP contribution >= 0.6 is 0 Å². The van der Waals surface area contributed by atoms with Crippen LogP contribution in [-0.2, 0) is 11.3 Å².